The molecule has 8 nitrogen and oxygen atoms in total. The van der Waals surface area contributed by atoms with Gasteiger partial charge in [-0.3, -0.25) is 0 Å². The van der Waals surface area contributed by atoms with Gasteiger partial charge < -0.3 is 14.5 Å². The van der Waals surface area contributed by atoms with Gasteiger partial charge in [0.25, 0.3) is 0 Å². The van der Waals surface area contributed by atoms with Crippen LogP contribution in [0.4, 0.5) is 13.2 Å². The predicted octanol–water partition coefficient (Wildman–Crippen LogP) is 4.19. The van der Waals surface area contributed by atoms with E-state index >= 15 is 0 Å². The Bertz CT molecular complexity index is 1300. The van der Waals surface area contributed by atoms with E-state index in [1.807, 2.05) is 53.5 Å². The summed E-state index contributed by atoms with van der Waals surface area (Å²) in [5, 5.41) is 12.6. The Balaban J connectivity index is 0.000000272. The number of oxazole rings is 1. The number of benzene rings is 1. The molecule has 1 aromatic carbocycles. The number of aromatic amines is 1. The minimum Gasteiger partial charge on any atom is -0.475 e. The van der Waals surface area contributed by atoms with Gasteiger partial charge in [-0.15, -0.1) is 0 Å². The number of carbonyl (C=O) groups is 1. The number of carboxylic acids is 1. The fraction of sp³-hybridized carbons (Fsp3) is 0.0526. The van der Waals surface area contributed by atoms with E-state index in [0.29, 0.717) is 5.89 Å². The molecule has 152 valence electrons. The molecule has 0 bridgehead atoms. The standard InChI is InChI=1S/C17H11N5O.C2HF3O2/c1-2-4-15-13(3-1)21-17(23-15)11-9-20-22(10-11)14-6-8-19-16-12(14)5-7-18-16;3-2(4,5)1(6)7/h1-10H,(H,18,19);(H,6,7). The number of nitrogens with one attached hydrogen (secondary N) is 1. The molecule has 0 aliphatic heterocycles. The van der Waals surface area contributed by atoms with Crippen molar-refractivity contribution < 1.29 is 27.5 Å². The van der Waals surface area contributed by atoms with Crippen molar-refractivity contribution in [1.29, 1.82) is 0 Å². The van der Waals surface area contributed by atoms with Gasteiger partial charge in [-0.05, 0) is 24.3 Å². The van der Waals surface area contributed by atoms with Crippen molar-refractivity contribution in [3.63, 3.8) is 0 Å². The zero-order chi connectivity index (χ0) is 21.3. The number of fused-ring (bicyclic) bond motifs is 2. The molecule has 0 saturated heterocycles. The highest BCUT2D eigenvalue weighted by molar-refractivity contribution is 5.84. The number of hydrogen-bond acceptors (Lipinski definition) is 5. The summed E-state index contributed by atoms with van der Waals surface area (Å²) in [5.41, 5.74) is 4.24. The van der Waals surface area contributed by atoms with Gasteiger partial charge >= 0.3 is 12.1 Å². The minimum atomic E-state index is -5.08. The molecule has 11 heteroatoms. The van der Waals surface area contributed by atoms with E-state index in [4.69, 9.17) is 14.3 Å². The third-order valence-electron chi connectivity index (χ3n) is 4.05. The van der Waals surface area contributed by atoms with E-state index in [9.17, 15) is 13.2 Å². The third kappa shape index (κ3) is 3.72. The fourth-order valence-electron chi connectivity index (χ4n) is 2.71. The van der Waals surface area contributed by atoms with E-state index in [-0.39, 0.29) is 0 Å². The molecule has 4 aromatic heterocycles. The Morgan fingerprint density at radius 3 is 2.67 bits per heavy atom. The second kappa shape index (κ2) is 7.35. The zero-order valence-electron chi connectivity index (χ0n) is 15.0. The lowest BCUT2D eigenvalue weighted by Gasteiger charge is -2.01. The summed E-state index contributed by atoms with van der Waals surface area (Å²) in [4.78, 5) is 20.8. The van der Waals surface area contributed by atoms with E-state index < -0.39 is 12.1 Å². The van der Waals surface area contributed by atoms with Crippen LogP contribution in [0.2, 0.25) is 0 Å². The molecular formula is C19H12F3N5O3. The van der Waals surface area contributed by atoms with Crippen molar-refractivity contribution in [2.75, 3.05) is 0 Å². The second-order valence-electron chi connectivity index (χ2n) is 6.03. The number of H-pyrrole nitrogens is 1. The first-order valence-electron chi connectivity index (χ1n) is 8.46. The van der Waals surface area contributed by atoms with Crippen LogP contribution in [0.15, 0.2) is 65.6 Å². The molecular weight excluding hydrogens is 403 g/mol. The van der Waals surface area contributed by atoms with E-state index in [0.717, 1.165) is 33.4 Å². The Morgan fingerprint density at radius 2 is 1.93 bits per heavy atom. The molecule has 0 aliphatic carbocycles. The van der Waals surface area contributed by atoms with Gasteiger partial charge in [0.2, 0.25) is 5.89 Å². The van der Waals surface area contributed by atoms with Crippen LogP contribution in [0.5, 0.6) is 0 Å². The molecule has 5 rings (SSSR count). The lowest BCUT2D eigenvalue weighted by atomic mass is 10.3. The molecule has 0 aliphatic rings. The van der Waals surface area contributed by atoms with Crippen LogP contribution in [0, 0.1) is 0 Å². The van der Waals surface area contributed by atoms with Gasteiger partial charge in [0.05, 0.1) is 17.4 Å². The molecule has 0 amide bonds. The van der Waals surface area contributed by atoms with Gasteiger partial charge in [0.15, 0.2) is 5.58 Å². The first-order chi connectivity index (χ1) is 14.3. The molecule has 2 N–H and O–H groups in total. The van der Waals surface area contributed by atoms with Crippen LogP contribution in [-0.2, 0) is 4.79 Å². The average Bonchev–Trinajstić information content (AvgIpc) is 3.45. The summed E-state index contributed by atoms with van der Waals surface area (Å²) < 4.78 is 39.3. The topological polar surface area (TPSA) is 110 Å². The van der Waals surface area contributed by atoms with Gasteiger partial charge in [-0.2, -0.15) is 18.3 Å². The number of pyridine rings is 1. The number of aliphatic carboxylic acids is 1. The summed E-state index contributed by atoms with van der Waals surface area (Å²) in [7, 11) is 0. The number of carboxylic acid groups (broad SMARTS) is 1. The Labute approximate surface area is 165 Å². The first kappa shape index (κ1) is 19.2. The quantitative estimate of drug-likeness (QED) is 0.447. The second-order valence-corrected chi connectivity index (χ2v) is 6.03. The molecule has 0 radical (unpaired) electrons. The number of aromatic nitrogens is 5. The fourth-order valence-corrected chi connectivity index (χ4v) is 2.71. The Morgan fingerprint density at radius 1 is 1.17 bits per heavy atom. The number of rotatable bonds is 2. The number of hydrogen-bond donors (Lipinski definition) is 2. The van der Waals surface area contributed by atoms with Gasteiger partial charge in [-0.1, -0.05) is 12.1 Å². The van der Waals surface area contributed by atoms with Crippen LogP contribution < -0.4 is 0 Å². The summed E-state index contributed by atoms with van der Waals surface area (Å²) >= 11 is 0. The maximum absolute atomic E-state index is 10.6. The van der Waals surface area contributed by atoms with E-state index in [2.05, 4.69) is 20.1 Å². The molecule has 30 heavy (non-hydrogen) atoms. The average molecular weight is 415 g/mol. The highest BCUT2D eigenvalue weighted by Crippen LogP contribution is 2.26. The van der Waals surface area contributed by atoms with Crippen molar-refractivity contribution in [2.24, 2.45) is 0 Å². The minimum absolute atomic E-state index is 0.566. The number of alkyl halides is 3. The van der Waals surface area contributed by atoms with Crippen LogP contribution in [0.25, 0.3) is 39.3 Å². The largest absolute Gasteiger partial charge is 0.490 e. The molecule has 0 saturated carbocycles. The van der Waals surface area contributed by atoms with Gasteiger partial charge in [-0.25, -0.2) is 19.4 Å². The highest BCUT2D eigenvalue weighted by atomic mass is 19.4. The lowest BCUT2D eigenvalue weighted by molar-refractivity contribution is -0.192. The number of halogens is 3. The number of nitrogens with zero attached hydrogens (tertiary/aromatic N) is 4. The van der Waals surface area contributed by atoms with Crippen molar-refractivity contribution in [2.45, 2.75) is 6.18 Å². The highest BCUT2D eigenvalue weighted by Gasteiger charge is 2.38. The van der Waals surface area contributed by atoms with E-state index in [1.165, 1.54) is 0 Å². The lowest BCUT2D eigenvalue weighted by Crippen LogP contribution is -2.21. The summed E-state index contributed by atoms with van der Waals surface area (Å²) in [5.74, 6) is -2.19. The Hall–Kier alpha value is -4.15. The third-order valence-corrected chi connectivity index (χ3v) is 4.05. The normalized spacial score (nSPS) is 11.4. The van der Waals surface area contributed by atoms with Gasteiger partial charge in [0, 0.05) is 24.0 Å². The maximum Gasteiger partial charge on any atom is 0.490 e. The maximum atomic E-state index is 10.6. The molecule has 0 atom stereocenters. The first-order valence-corrected chi connectivity index (χ1v) is 8.46. The van der Waals surface area contributed by atoms with Crippen molar-refractivity contribution in [3.05, 3.63) is 61.2 Å². The van der Waals surface area contributed by atoms with Crippen LogP contribution in [0.3, 0.4) is 0 Å². The molecule has 0 spiro atoms. The molecule has 0 unspecified atom stereocenters. The monoisotopic (exact) mass is 415 g/mol. The number of para-hydroxylation sites is 2. The summed E-state index contributed by atoms with van der Waals surface area (Å²) in [6.07, 6.45) is 2.21. The van der Waals surface area contributed by atoms with Gasteiger partial charge in [0.1, 0.15) is 11.2 Å². The van der Waals surface area contributed by atoms with Crippen LogP contribution >= 0.6 is 0 Å². The predicted molar refractivity (Wildman–Crippen MR) is 99.9 cm³/mol. The molecule has 5 aromatic rings. The van der Waals surface area contributed by atoms with Crippen molar-refractivity contribution in [1.82, 2.24) is 24.7 Å². The smallest absolute Gasteiger partial charge is 0.475 e. The SMILES string of the molecule is O=C(O)C(F)(F)F.c1ccc2oc(-c3cnn(-c4ccnc5[nH]ccc45)c3)nc2c1. The van der Waals surface area contributed by atoms with Crippen LogP contribution in [0.1, 0.15) is 0 Å². The molecule has 4 heterocycles. The van der Waals surface area contributed by atoms with Crippen LogP contribution in [-0.4, -0.2) is 42.0 Å². The molecule has 0 fully saturated rings. The summed E-state index contributed by atoms with van der Waals surface area (Å²) in [6.45, 7) is 0. The van der Waals surface area contributed by atoms with Crippen molar-refractivity contribution in [3.8, 4) is 17.1 Å². The van der Waals surface area contributed by atoms with Crippen molar-refractivity contribution >= 4 is 28.1 Å². The Kier molecular flexibility index (Phi) is 4.70. The zero-order valence-corrected chi connectivity index (χ0v) is 15.0. The van der Waals surface area contributed by atoms with E-state index in [1.54, 1.807) is 12.4 Å². The summed E-state index contributed by atoms with van der Waals surface area (Å²) in [6, 6.07) is 11.6.